The molecule has 9 nitrogen and oxygen atoms in total. The topological polar surface area (TPSA) is 94.1 Å². The summed E-state index contributed by atoms with van der Waals surface area (Å²) in [5.74, 6) is 1.13. The fourth-order valence-corrected chi connectivity index (χ4v) is 3.04. The fraction of sp³-hybridized carbons (Fsp3) is 0.429. The quantitative estimate of drug-likeness (QED) is 0.682. The van der Waals surface area contributed by atoms with E-state index in [-0.39, 0.29) is 18.4 Å². The molecule has 4 heterocycles. The Labute approximate surface area is 131 Å². The third-order valence-electron chi connectivity index (χ3n) is 4.17. The molecule has 0 unspecified atom stereocenters. The lowest BCUT2D eigenvalue weighted by atomic mass is 9.97. The van der Waals surface area contributed by atoms with Crippen molar-refractivity contribution in [3.8, 4) is 0 Å². The number of piperidine rings is 1. The van der Waals surface area contributed by atoms with Crippen molar-refractivity contribution in [1.29, 1.82) is 0 Å². The van der Waals surface area contributed by atoms with Gasteiger partial charge in [0.15, 0.2) is 5.65 Å². The van der Waals surface area contributed by atoms with Gasteiger partial charge in [-0.25, -0.2) is 4.68 Å². The lowest BCUT2D eigenvalue weighted by molar-refractivity contribution is -0.133. The van der Waals surface area contributed by atoms with E-state index in [1.807, 2.05) is 33.7 Å². The number of fused-ring (bicyclic) bond motifs is 1. The van der Waals surface area contributed by atoms with Gasteiger partial charge < -0.3 is 4.90 Å². The molecular formula is C14H16N8O. The van der Waals surface area contributed by atoms with E-state index in [0.29, 0.717) is 6.54 Å². The van der Waals surface area contributed by atoms with Gasteiger partial charge in [-0.2, -0.15) is 0 Å². The van der Waals surface area contributed by atoms with Crippen LogP contribution in [0.15, 0.2) is 30.7 Å². The number of aromatic nitrogens is 7. The Morgan fingerprint density at radius 2 is 2.26 bits per heavy atom. The first-order chi connectivity index (χ1) is 11.3. The van der Waals surface area contributed by atoms with E-state index in [0.717, 1.165) is 30.9 Å². The highest BCUT2D eigenvalue weighted by Gasteiger charge is 2.28. The van der Waals surface area contributed by atoms with Gasteiger partial charge in [-0.05, 0) is 35.4 Å². The van der Waals surface area contributed by atoms with Crippen LogP contribution in [-0.2, 0) is 11.3 Å². The van der Waals surface area contributed by atoms with Crippen LogP contribution in [0.1, 0.15) is 24.6 Å². The molecule has 1 aliphatic heterocycles. The molecule has 0 aromatic carbocycles. The minimum absolute atomic E-state index is 0.0239. The van der Waals surface area contributed by atoms with Gasteiger partial charge >= 0.3 is 0 Å². The summed E-state index contributed by atoms with van der Waals surface area (Å²) in [6, 6.07) is 5.83. The van der Waals surface area contributed by atoms with Crippen molar-refractivity contribution in [3.05, 3.63) is 36.5 Å². The number of hydrogen-bond acceptors (Lipinski definition) is 6. The van der Waals surface area contributed by atoms with Crippen molar-refractivity contribution >= 4 is 11.6 Å². The number of carbonyl (C=O) groups is 1. The Bertz CT molecular complexity index is 811. The summed E-state index contributed by atoms with van der Waals surface area (Å²) in [7, 11) is 0. The largest absolute Gasteiger partial charge is 0.340 e. The Kier molecular flexibility index (Phi) is 3.45. The predicted molar refractivity (Wildman–Crippen MR) is 79.4 cm³/mol. The molecule has 1 saturated heterocycles. The van der Waals surface area contributed by atoms with Crippen molar-refractivity contribution in [2.24, 2.45) is 0 Å². The lowest BCUT2D eigenvalue weighted by Crippen LogP contribution is -2.41. The number of likely N-dealkylation sites (tertiary alicyclic amines) is 1. The molecule has 3 aromatic heterocycles. The molecule has 4 rings (SSSR count). The summed E-state index contributed by atoms with van der Waals surface area (Å²) in [6.45, 7) is 1.57. The van der Waals surface area contributed by atoms with E-state index in [1.165, 1.54) is 11.0 Å². The molecule has 9 heteroatoms. The van der Waals surface area contributed by atoms with Gasteiger partial charge in [-0.1, -0.05) is 6.07 Å². The summed E-state index contributed by atoms with van der Waals surface area (Å²) < 4.78 is 3.44. The summed E-state index contributed by atoms with van der Waals surface area (Å²) in [6.07, 6.45) is 5.37. The zero-order chi connectivity index (χ0) is 15.6. The van der Waals surface area contributed by atoms with Gasteiger partial charge in [0.25, 0.3) is 0 Å². The fourth-order valence-electron chi connectivity index (χ4n) is 3.04. The zero-order valence-electron chi connectivity index (χ0n) is 12.5. The summed E-state index contributed by atoms with van der Waals surface area (Å²) in [5, 5.41) is 19.4. The van der Waals surface area contributed by atoms with Crippen LogP contribution in [0.25, 0.3) is 5.65 Å². The molecule has 0 aliphatic carbocycles. The van der Waals surface area contributed by atoms with Crippen molar-refractivity contribution < 1.29 is 4.79 Å². The lowest BCUT2D eigenvalue weighted by Gasteiger charge is -2.31. The number of tetrazole rings is 1. The average Bonchev–Trinajstić information content (AvgIpc) is 3.24. The second kappa shape index (κ2) is 5.75. The van der Waals surface area contributed by atoms with E-state index >= 15 is 0 Å². The van der Waals surface area contributed by atoms with Gasteiger partial charge in [0.2, 0.25) is 5.91 Å². The molecule has 0 bridgehead atoms. The van der Waals surface area contributed by atoms with Crippen LogP contribution in [0.2, 0.25) is 0 Å². The van der Waals surface area contributed by atoms with Crippen LogP contribution in [-0.4, -0.2) is 58.7 Å². The van der Waals surface area contributed by atoms with Crippen LogP contribution >= 0.6 is 0 Å². The van der Waals surface area contributed by atoms with Crippen LogP contribution in [0.4, 0.5) is 0 Å². The second-order valence-corrected chi connectivity index (χ2v) is 5.67. The molecule has 1 atom stereocenters. The minimum atomic E-state index is 0.0239. The molecular weight excluding hydrogens is 296 g/mol. The summed E-state index contributed by atoms with van der Waals surface area (Å²) >= 11 is 0. The van der Waals surface area contributed by atoms with Gasteiger partial charge in [-0.3, -0.25) is 9.20 Å². The van der Waals surface area contributed by atoms with Crippen LogP contribution < -0.4 is 0 Å². The first-order valence-electron chi connectivity index (χ1n) is 7.59. The molecule has 0 spiro atoms. The molecule has 1 fully saturated rings. The highest BCUT2D eigenvalue weighted by Crippen LogP contribution is 2.26. The van der Waals surface area contributed by atoms with Gasteiger partial charge in [0.1, 0.15) is 18.7 Å². The van der Waals surface area contributed by atoms with Crippen LogP contribution in [0, 0.1) is 0 Å². The molecule has 0 N–H and O–H groups in total. The standard InChI is InChI=1S/C14H16N8O/c23-13(9-21-10-15-18-19-21)20-6-3-4-11(8-20)14-17-16-12-5-1-2-7-22(12)14/h1-2,5,7,10-11H,3-4,6,8-9H2/t11-/m1/s1. The van der Waals surface area contributed by atoms with Gasteiger partial charge in [0.05, 0.1) is 0 Å². The average molecular weight is 312 g/mol. The van der Waals surface area contributed by atoms with E-state index in [9.17, 15) is 4.79 Å². The molecule has 3 aromatic rings. The smallest absolute Gasteiger partial charge is 0.244 e. The Hall–Kier alpha value is -2.84. The molecule has 1 aliphatic rings. The van der Waals surface area contributed by atoms with E-state index < -0.39 is 0 Å². The Morgan fingerprint density at radius 3 is 3.13 bits per heavy atom. The number of carbonyl (C=O) groups excluding carboxylic acids is 1. The third kappa shape index (κ3) is 2.65. The highest BCUT2D eigenvalue weighted by atomic mass is 16.2. The van der Waals surface area contributed by atoms with Crippen molar-refractivity contribution in [2.75, 3.05) is 13.1 Å². The molecule has 0 radical (unpaired) electrons. The maximum absolute atomic E-state index is 12.4. The zero-order valence-corrected chi connectivity index (χ0v) is 12.5. The Morgan fingerprint density at radius 1 is 1.30 bits per heavy atom. The molecule has 23 heavy (non-hydrogen) atoms. The maximum Gasteiger partial charge on any atom is 0.244 e. The highest BCUT2D eigenvalue weighted by molar-refractivity contribution is 5.76. The minimum Gasteiger partial charge on any atom is -0.340 e. The van der Waals surface area contributed by atoms with Crippen molar-refractivity contribution in [2.45, 2.75) is 25.3 Å². The van der Waals surface area contributed by atoms with Gasteiger partial charge in [-0.15, -0.1) is 15.3 Å². The van der Waals surface area contributed by atoms with Crippen LogP contribution in [0.5, 0.6) is 0 Å². The normalized spacial score (nSPS) is 18.4. The summed E-state index contributed by atoms with van der Waals surface area (Å²) in [4.78, 5) is 14.3. The number of rotatable bonds is 3. The molecule has 118 valence electrons. The van der Waals surface area contributed by atoms with Crippen LogP contribution in [0.3, 0.4) is 0 Å². The summed E-state index contributed by atoms with van der Waals surface area (Å²) in [5.41, 5.74) is 0.833. The molecule has 1 amide bonds. The van der Waals surface area contributed by atoms with E-state index in [2.05, 4.69) is 25.7 Å². The predicted octanol–water partition coefficient (Wildman–Crippen LogP) is 0.122. The first kappa shape index (κ1) is 13.8. The Balaban J connectivity index is 1.51. The van der Waals surface area contributed by atoms with Crippen molar-refractivity contribution in [1.82, 2.24) is 39.7 Å². The number of nitrogens with zero attached hydrogens (tertiary/aromatic N) is 8. The first-order valence-corrected chi connectivity index (χ1v) is 7.59. The number of pyridine rings is 1. The number of hydrogen-bond donors (Lipinski definition) is 0. The van der Waals surface area contributed by atoms with Gasteiger partial charge in [0, 0.05) is 25.2 Å². The van der Waals surface area contributed by atoms with E-state index in [1.54, 1.807) is 0 Å². The van der Waals surface area contributed by atoms with Crippen molar-refractivity contribution in [3.63, 3.8) is 0 Å². The van der Waals surface area contributed by atoms with E-state index in [4.69, 9.17) is 0 Å². The third-order valence-corrected chi connectivity index (χ3v) is 4.17. The monoisotopic (exact) mass is 312 g/mol. The second-order valence-electron chi connectivity index (χ2n) is 5.67. The maximum atomic E-state index is 12.4. The SMILES string of the molecule is O=C(Cn1cnnn1)N1CCC[C@@H](c2nnc3ccccn23)C1. The molecule has 0 saturated carbocycles. The number of amides is 1.